The highest BCUT2D eigenvalue weighted by Crippen LogP contribution is 2.18. The van der Waals surface area contributed by atoms with Crippen molar-refractivity contribution in [2.24, 2.45) is 0 Å². The number of halogens is 1. The number of nitrogens with two attached hydrogens (primary N) is 1. The van der Waals surface area contributed by atoms with Crippen LogP contribution in [0.3, 0.4) is 0 Å². The van der Waals surface area contributed by atoms with E-state index in [9.17, 15) is 10.1 Å². The fraction of sp³-hybridized carbons (Fsp3) is 0.125. The van der Waals surface area contributed by atoms with Crippen LogP contribution >= 0.6 is 11.6 Å². The normalized spacial score (nSPS) is 8.93. The van der Waals surface area contributed by atoms with Gasteiger partial charge in [0.25, 0.3) is 0 Å². The lowest BCUT2D eigenvalue weighted by Gasteiger charge is -1.95. The number of nitrogen functional groups attached to an aromatic ring is 1. The van der Waals surface area contributed by atoms with Gasteiger partial charge >= 0.3 is 5.69 Å². The first-order valence-electron chi connectivity index (χ1n) is 3.60. The van der Waals surface area contributed by atoms with Gasteiger partial charge in [0.2, 0.25) is 5.82 Å². The summed E-state index contributed by atoms with van der Waals surface area (Å²) in [5, 5.41) is 10.5. The number of aromatic nitrogens is 1. The summed E-state index contributed by atoms with van der Waals surface area (Å²) >= 11 is 5.33. The summed E-state index contributed by atoms with van der Waals surface area (Å²) in [5.41, 5.74) is 5.47. The van der Waals surface area contributed by atoms with Gasteiger partial charge in [-0.15, -0.1) is 11.6 Å². The SMILES string of the molecule is Nc1ncc(C#CCCl)cc1[N+](=O)[O-]. The minimum Gasteiger partial charge on any atom is -0.378 e. The summed E-state index contributed by atoms with van der Waals surface area (Å²) in [7, 11) is 0. The molecule has 0 saturated heterocycles. The minimum absolute atomic E-state index is 0.119. The first-order valence-corrected chi connectivity index (χ1v) is 4.13. The Morgan fingerprint density at radius 2 is 2.43 bits per heavy atom. The van der Waals surface area contributed by atoms with E-state index in [2.05, 4.69) is 16.8 Å². The molecule has 1 rings (SSSR count). The van der Waals surface area contributed by atoms with Crippen LogP contribution in [0.25, 0.3) is 0 Å². The zero-order chi connectivity index (χ0) is 10.6. The number of nitrogens with zero attached hydrogens (tertiary/aromatic N) is 2. The molecule has 14 heavy (non-hydrogen) atoms. The molecule has 0 fully saturated rings. The van der Waals surface area contributed by atoms with Gasteiger partial charge in [-0.25, -0.2) is 4.98 Å². The second kappa shape index (κ2) is 4.44. The highest BCUT2D eigenvalue weighted by molar-refractivity contribution is 6.19. The van der Waals surface area contributed by atoms with E-state index in [1.165, 1.54) is 12.3 Å². The van der Waals surface area contributed by atoms with Crippen molar-refractivity contribution in [2.75, 3.05) is 11.6 Å². The molecule has 0 amide bonds. The molecule has 6 heteroatoms. The van der Waals surface area contributed by atoms with E-state index in [0.717, 1.165) is 0 Å². The maximum atomic E-state index is 10.5. The average molecular weight is 212 g/mol. The van der Waals surface area contributed by atoms with Crippen LogP contribution in [0.2, 0.25) is 0 Å². The van der Waals surface area contributed by atoms with E-state index in [0.29, 0.717) is 5.56 Å². The molecule has 0 aliphatic carbocycles. The van der Waals surface area contributed by atoms with Gasteiger partial charge in [0.05, 0.1) is 10.8 Å². The van der Waals surface area contributed by atoms with Gasteiger partial charge in [-0.05, 0) is 0 Å². The second-order valence-corrected chi connectivity index (χ2v) is 2.59. The standard InChI is InChI=1S/C8H6ClN3O2/c9-3-1-2-6-4-7(12(13)14)8(10)11-5-6/h4-5H,3H2,(H2,10,11). The van der Waals surface area contributed by atoms with Crippen molar-refractivity contribution in [3.63, 3.8) is 0 Å². The van der Waals surface area contributed by atoms with Crippen LogP contribution in [-0.4, -0.2) is 15.8 Å². The molecule has 0 aliphatic heterocycles. The number of anilines is 1. The third-order valence-corrected chi connectivity index (χ3v) is 1.53. The average Bonchev–Trinajstić information content (AvgIpc) is 2.16. The summed E-state index contributed by atoms with van der Waals surface area (Å²) in [5.74, 6) is 5.22. The van der Waals surface area contributed by atoms with Crippen molar-refractivity contribution in [1.29, 1.82) is 0 Å². The summed E-state index contributed by atoms with van der Waals surface area (Å²) < 4.78 is 0. The lowest BCUT2D eigenvalue weighted by Crippen LogP contribution is -1.98. The molecule has 0 atom stereocenters. The van der Waals surface area contributed by atoms with Crippen LogP contribution in [0.1, 0.15) is 5.56 Å². The predicted molar refractivity (Wildman–Crippen MR) is 52.9 cm³/mol. The molecule has 1 heterocycles. The number of pyridine rings is 1. The maximum absolute atomic E-state index is 10.5. The quantitative estimate of drug-likeness (QED) is 0.327. The van der Waals surface area contributed by atoms with Crippen molar-refractivity contribution >= 4 is 23.1 Å². The Morgan fingerprint density at radius 1 is 1.71 bits per heavy atom. The molecule has 0 bridgehead atoms. The first-order chi connectivity index (χ1) is 6.65. The Labute approximate surface area is 85.0 Å². The second-order valence-electron chi connectivity index (χ2n) is 2.32. The zero-order valence-electron chi connectivity index (χ0n) is 7.03. The zero-order valence-corrected chi connectivity index (χ0v) is 7.78. The number of nitro groups is 1. The fourth-order valence-corrected chi connectivity index (χ4v) is 0.881. The van der Waals surface area contributed by atoms with Gasteiger partial charge in [0.1, 0.15) is 0 Å². The van der Waals surface area contributed by atoms with E-state index in [1.54, 1.807) is 0 Å². The van der Waals surface area contributed by atoms with E-state index < -0.39 is 4.92 Å². The van der Waals surface area contributed by atoms with E-state index in [1.807, 2.05) is 0 Å². The van der Waals surface area contributed by atoms with Crippen LogP contribution in [0.5, 0.6) is 0 Å². The van der Waals surface area contributed by atoms with Gasteiger partial charge < -0.3 is 5.73 Å². The third kappa shape index (κ3) is 2.34. The molecule has 0 saturated carbocycles. The topological polar surface area (TPSA) is 82.0 Å². The van der Waals surface area contributed by atoms with E-state index >= 15 is 0 Å². The Bertz CT molecular complexity index is 422. The molecule has 1 aromatic heterocycles. The van der Waals surface area contributed by atoms with Gasteiger partial charge in [0, 0.05) is 17.8 Å². The van der Waals surface area contributed by atoms with Crippen molar-refractivity contribution in [3.05, 3.63) is 27.9 Å². The number of hydrogen-bond donors (Lipinski definition) is 1. The lowest BCUT2D eigenvalue weighted by molar-refractivity contribution is -0.384. The molecular weight excluding hydrogens is 206 g/mol. The van der Waals surface area contributed by atoms with E-state index in [4.69, 9.17) is 17.3 Å². The monoisotopic (exact) mass is 211 g/mol. The van der Waals surface area contributed by atoms with E-state index in [-0.39, 0.29) is 17.4 Å². The summed E-state index contributed by atoms with van der Waals surface area (Å²) in [6, 6.07) is 1.27. The molecule has 0 radical (unpaired) electrons. The van der Waals surface area contributed by atoms with Crippen LogP contribution in [0, 0.1) is 22.0 Å². The molecule has 72 valence electrons. The fourth-order valence-electron chi connectivity index (χ4n) is 0.814. The van der Waals surface area contributed by atoms with Crippen molar-refractivity contribution in [2.45, 2.75) is 0 Å². The third-order valence-electron chi connectivity index (χ3n) is 1.39. The number of alkyl halides is 1. The van der Waals surface area contributed by atoms with Gasteiger partial charge in [0.15, 0.2) is 0 Å². The Kier molecular flexibility index (Phi) is 3.26. The van der Waals surface area contributed by atoms with Gasteiger partial charge in [-0.1, -0.05) is 11.8 Å². The van der Waals surface area contributed by atoms with Crippen LogP contribution in [0.4, 0.5) is 11.5 Å². The lowest BCUT2D eigenvalue weighted by atomic mass is 10.2. The number of rotatable bonds is 1. The molecule has 0 aliphatic rings. The van der Waals surface area contributed by atoms with Crippen molar-refractivity contribution in [1.82, 2.24) is 4.98 Å². The van der Waals surface area contributed by atoms with Crippen LogP contribution in [0.15, 0.2) is 12.3 Å². The molecule has 0 spiro atoms. The molecular formula is C8H6ClN3O2. The Hall–Kier alpha value is -1.80. The highest BCUT2D eigenvalue weighted by Gasteiger charge is 2.12. The molecule has 2 N–H and O–H groups in total. The summed E-state index contributed by atoms with van der Waals surface area (Å²) in [4.78, 5) is 13.5. The largest absolute Gasteiger partial charge is 0.378 e. The van der Waals surface area contributed by atoms with Gasteiger partial charge in [-0.2, -0.15) is 0 Å². The molecule has 1 aromatic rings. The summed E-state index contributed by atoms with van der Waals surface area (Å²) in [6.07, 6.45) is 1.36. The Morgan fingerprint density at radius 3 is 3.00 bits per heavy atom. The smallest absolute Gasteiger partial charge is 0.312 e. The van der Waals surface area contributed by atoms with Crippen LogP contribution < -0.4 is 5.73 Å². The Balaban J connectivity index is 3.13. The number of hydrogen-bond acceptors (Lipinski definition) is 4. The predicted octanol–water partition coefficient (Wildman–Crippen LogP) is 1.16. The maximum Gasteiger partial charge on any atom is 0.312 e. The molecule has 5 nitrogen and oxygen atoms in total. The van der Waals surface area contributed by atoms with Crippen molar-refractivity contribution in [3.8, 4) is 11.8 Å². The molecule has 0 unspecified atom stereocenters. The van der Waals surface area contributed by atoms with Crippen LogP contribution in [-0.2, 0) is 0 Å². The molecule has 0 aromatic carbocycles. The summed E-state index contributed by atoms with van der Waals surface area (Å²) in [6.45, 7) is 0. The minimum atomic E-state index is -0.603. The highest BCUT2D eigenvalue weighted by atomic mass is 35.5. The van der Waals surface area contributed by atoms with Gasteiger partial charge in [-0.3, -0.25) is 10.1 Å². The first kappa shape index (κ1) is 10.3. The van der Waals surface area contributed by atoms with Crippen molar-refractivity contribution < 1.29 is 4.92 Å².